The number of aryl methyl sites for hydroxylation is 1. The number of hydrogen-bond acceptors (Lipinski definition) is 4. The third-order valence-corrected chi connectivity index (χ3v) is 5.12. The van der Waals surface area contributed by atoms with Crippen molar-refractivity contribution in [3.8, 4) is 0 Å². The third-order valence-electron chi connectivity index (χ3n) is 3.53. The maximum atomic E-state index is 13.3. The first-order valence-electron chi connectivity index (χ1n) is 7.63. The molecule has 0 radical (unpaired) electrons. The van der Waals surface area contributed by atoms with Gasteiger partial charge < -0.3 is 11.1 Å². The van der Waals surface area contributed by atoms with Crippen molar-refractivity contribution in [2.75, 3.05) is 11.9 Å². The Morgan fingerprint density at radius 2 is 1.96 bits per heavy atom. The van der Waals surface area contributed by atoms with Gasteiger partial charge in [0, 0.05) is 23.8 Å². The molecule has 2 aromatic rings. The van der Waals surface area contributed by atoms with Crippen LogP contribution in [0, 0.1) is 12.7 Å². The van der Waals surface area contributed by atoms with Crippen LogP contribution >= 0.6 is 0 Å². The zero-order valence-electron chi connectivity index (χ0n) is 13.9. The van der Waals surface area contributed by atoms with Gasteiger partial charge in [0.1, 0.15) is 5.82 Å². The summed E-state index contributed by atoms with van der Waals surface area (Å²) < 4.78 is 40.3. The number of carbonyl (C=O) groups is 1. The van der Waals surface area contributed by atoms with E-state index < -0.39 is 22.0 Å². The van der Waals surface area contributed by atoms with Crippen LogP contribution in [-0.2, 0) is 10.0 Å². The van der Waals surface area contributed by atoms with Crippen LogP contribution in [0.5, 0.6) is 0 Å². The van der Waals surface area contributed by atoms with Gasteiger partial charge in [-0.1, -0.05) is 6.07 Å². The first-order valence-corrected chi connectivity index (χ1v) is 9.11. The van der Waals surface area contributed by atoms with Crippen LogP contribution in [0.25, 0.3) is 0 Å². The fourth-order valence-electron chi connectivity index (χ4n) is 2.11. The predicted octanol–water partition coefficient (Wildman–Crippen LogP) is 2.01. The van der Waals surface area contributed by atoms with E-state index in [1.807, 2.05) is 0 Å². The molecule has 1 amide bonds. The molecule has 0 aliphatic rings. The SMILES string of the molecule is Cc1cc(NC(=O)c2cccc(S(=O)(=O)NC(C)CN)c2)ccc1F. The molecule has 0 saturated heterocycles. The molecule has 2 aromatic carbocycles. The third kappa shape index (κ3) is 4.85. The van der Waals surface area contributed by atoms with Gasteiger partial charge in [0.05, 0.1) is 4.90 Å². The van der Waals surface area contributed by atoms with Gasteiger partial charge in [-0.05, 0) is 55.8 Å². The Kier molecular flexibility index (Phi) is 5.89. The van der Waals surface area contributed by atoms with Crippen LogP contribution in [0.15, 0.2) is 47.4 Å². The lowest BCUT2D eigenvalue weighted by Crippen LogP contribution is -2.37. The fraction of sp³-hybridized carbons (Fsp3) is 0.235. The predicted molar refractivity (Wildman–Crippen MR) is 94.4 cm³/mol. The van der Waals surface area contributed by atoms with Crippen molar-refractivity contribution in [2.45, 2.75) is 24.8 Å². The molecule has 1 atom stereocenters. The van der Waals surface area contributed by atoms with E-state index in [0.29, 0.717) is 11.3 Å². The second-order valence-corrected chi connectivity index (χ2v) is 7.42. The standard InChI is InChI=1S/C17H20FN3O3S/c1-11-8-14(6-7-16(11)18)20-17(22)13-4-3-5-15(9-13)25(23,24)21-12(2)10-19/h3-9,12,21H,10,19H2,1-2H3,(H,20,22). The van der Waals surface area contributed by atoms with Crippen LogP contribution in [0.1, 0.15) is 22.8 Å². The van der Waals surface area contributed by atoms with Gasteiger partial charge in [-0.25, -0.2) is 17.5 Å². The molecule has 0 aliphatic heterocycles. The van der Waals surface area contributed by atoms with Gasteiger partial charge in [0.25, 0.3) is 5.91 Å². The molecule has 6 nitrogen and oxygen atoms in total. The molecule has 25 heavy (non-hydrogen) atoms. The van der Waals surface area contributed by atoms with Gasteiger partial charge in [0.15, 0.2) is 0 Å². The molecule has 0 fully saturated rings. The topological polar surface area (TPSA) is 101 Å². The van der Waals surface area contributed by atoms with E-state index in [2.05, 4.69) is 10.0 Å². The summed E-state index contributed by atoms with van der Waals surface area (Å²) in [5, 5.41) is 2.62. The second kappa shape index (κ2) is 7.73. The summed E-state index contributed by atoms with van der Waals surface area (Å²) in [4.78, 5) is 12.3. The largest absolute Gasteiger partial charge is 0.329 e. The Labute approximate surface area is 146 Å². The zero-order chi connectivity index (χ0) is 18.6. The number of rotatable bonds is 6. The maximum Gasteiger partial charge on any atom is 0.255 e. The normalized spacial score (nSPS) is 12.6. The molecule has 0 heterocycles. The van der Waals surface area contributed by atoms with Crippen LogP contribution in [0.2, 0.25) is 0 Å². The van der Waals surface area contributed by atoms with E-state index in [1.165, 1.54) is 42.5 Å². The summed E-state index contributed by atoms with van der Waals surface area (Å²) in [5.41, 5.74) is 6.42. The quantitative estimate of drug-likeness (QED) is 0.729. The Morgan fingerprint density at radius 1 is 1.24 bits per heavy atom. The minimum atomic E-state index is -3.77. The smallest absolute Gasteiger partial charge is 0.255 e. The number of halogens is 1. The number of amides is 1. The molecule has 1 unspecified atom stereocenters. The number of carbonyl (C=O) groups excluding carboxylic acids is 1. The average molecular weight is 365 g/mol. The highest BCUT2D eigenvalue weighted by atomic mass is 32.2. The monoisotopic (exact) mass is 365 g/mol. The highest BCUT2D eigenvalue weighted by molar-refractivity contribution is 7.89. The summed E-state index contributed by atoms with van der Waals surface area (Å²) in [6.07, 6.45) is 0. The molecule has 0 aliphatic carbocycles. The second-order valence-electron chi connectivity index (χ2n) is 5.70. The van der Waals surface area contributed by atoms with Crippen LogP contribution < -0.4 is 15.8 Å². The fourth-order valence-corrected chi connectivity index (χ4v) is 3.41. The van der Waals surface area contributed by atoms with E-state index in [-0.39, 0.29) is 22.8 Å². The van der Waals surface area contributed by atoms with E-state index in [4.69, 9.17) is 5.73 Å². The molecule has 134 valence electrons. The van der Waals surface area contributed by atoms with Crippen molar-refractivity contribution in [3.05, 3.63) is 59.4 Å². The zero-order valence-corrected chi connectivity index (χ0v) is 14.7. The molecule has 8 heteroatoms. The highest BCUT2D eigenvalue weighted by Gasteiger charge is 2.18. The lowest BCUT2D eigenvalue weighted by molar-refractivity contribution is 0.102. The summed E-state index contributed by atoms with van der Waals surface area (Å²) in [5.74, 6) is -0.860. The van der Waals surface area contributed by atoms with Crippen LogP contribution in [0.4, 0.5) is 10.1 Å². The number of benzene rings is 2. The summed E-state index contributed by atoms with van der Waals surface area (Å²) in [6.45, 7) is 3.39. The van der Waals surface area contributed by atoms with Crippen molar-refractivity contribution in [1.82, 2.24) is 4.72 Å². The van der Waals surface area contributed by atoms with Crippen LogP contribution in [-0.4, -0.2) is 26.9 Å². The number of nitrogens with two attached hydrogens (primary N) is 1. The molecule has 0 saturated carbocycles. The van der Waals surface area contributed by atoms with Gasteiger partial charge in [-0.3, -0.25) is 4.79 Å². The molecule has 2 rings (SSSR count). The van der Waals surface area contributed by atoms with Crippen molar-refractivity contribution in [2.24, 2.45) is 5.73 Å². The first kappa shape index (κ1) is 19.0. The number of sulfonamides is 1. The average Bonchev–Trinajstić information content (AvgIpc) is 2.57. The van der Waals surface area contributed by atoms with E-state index in [0.717, 1.165) is 0 Å². The Hall–Kier alpha value is -2.29. The van der Waals surface area contributed by atoms with Crippen molar-refractivity contribution in [3.63, 3.8) is 0 Å². The minimum absolute atomic E-state index is 0.0317. The number of hydrogen-bond donors (Lipinski definition) is 3. The molecular weight excluding hydrogens is 345 g/mol. The molecular formula is C17H20FN3O3S. The van der Waals surface area contributed by atoms with Crippen molar-refractivity contribution >= 4 is 21.6 Å². The van der Waals surface area contributed by atoms with Crippen LogP contribution in [0.3, 0.4) is 0 Å². The number of nitrogens with one attached hydrogen (secondary N) is 2. The minimum Gasteiger partial charge on any atom is -0.329 e. The van der Waals surface area contributed by atoms with Crippen molar-refractivity contribution in [1.29, 1.82) is 0 Å². The summed E-state index contributed by atoms with van der Waals surface area (Å²) in [7, 11) is -3.77. The van der Waals surface area contributed by atoms with E-state index >= 15 is 0 Å². The lowest BCUT2D eigenvalue weighted by Gasteiger charge is -2.13. The van der Waals surface area contributed by atoms with E-state index in [1.54, 1.807) is 13.8 Å². The molecule has 0 aromatic heterocycles. The Morgan fingerprint density at radius 3 is 2.60 bits per heavy atom. The summed E-state index contributed by atoms with van der Waals surface area (Å²) in [6, 6.07) is 9.41. The van der Waals surface area contributed by atoms with Gasteiger partial charge in [0.2, 0.25) is 10.0 Å². The van der Waals surface area contributed by atoms with Gasteiger partial charge in [-0.2, -0.15) is 0 Å². The molecule has 4 N–H and O–H groups in total. The summed E-state index contributed by atoms with van der Waals surface area (Å²) >= 11 is 0. The highest BCUT2D eigenvalue weighted by Crippen LogP contribution is 2.17. The Bertz CT molecular complexity index is 884. The Balaban J connectivity index is 2.22. The molecule has 0 bridgehead atoms. The van der Waals surface area contributed by atoms with Gasteiger partial charge >= 0.3 is 0 Å². The lowest BCUT2D eigenvalue weighted by atomic mass is 10.2. The van der Waals surface area contributed by atoms with Gasteiger partial charge in [-0.15, -0.1) is 0 Å². The maximum absolute atomic E-state index is 13.3. The molecule has 0 spiro atoms. The first-order chi connectivity index (χ1) is 11.7. The van der Waals surface area contributed by atoms with E-state index in [9.17, 15) is 17.6 Å². The number of anilines is 1. The van der Waals surface area contributed by atoms with Crippen molar-refractivity contribution < 1.29 is 17.6 Å².